The van der Waals surface area contributed by atoms with Crippen LogP contribution in [0.1, 0.15) is 32.3 Å². The van der Waals surface area contributed by atoms with Crippen LogP contribution in [0, 0.1) is 6.92 Å². The van der Waals surface area contributed by atoms with Crippen molar-refractivity contribution < 1.29 is 0 Å². The van der Waals surface area contributed by atoms with Crippen molar-refractivity contribution in [2.45, 2.75) is 33.1 Å². The minimum Gasteiger partial charge on any atom is -0.394 e. The number of nitrogens with two attached hydrogens (primary N) is 1. The average Bonchev–Trinajstić information content (AvgIpc) is 3.06. The summed E-state index contributed by atoms with van der Waals surface area (Å²) in [6.07, 6.45) is 0. The number of nitrogens with zero attached hydrogens (tertiary/aromatic N) is 6. The predicted octanol–water partition coefficient (Wildman–Crippen LogP) is 1.79. The van der Waals surface area contributed by atoms with E-state index in [1.165, 1.54) is 11.5 Å². The second-order valence-electron chi connectivity index (χ2n) is 7.07. The third kappa shape index (κ3) is 2.99. The maximum Gasteiger partial charge on any atom is 0.205 e. The first-order valence-electron chi connectivity index (χ1n) is 7.90. The normalized spacial score (nSPS) is 16.2. The van der Waals surface area contributed by atoms with Gasteiger partial charge in [0.1, 0.15) is 5.82 Å². The number of anilines is 3. The van der Waals surface area contributed by atoms with E-state index in [0.717, 1.165) is 54.3 Å². The van der Waals surface area contributed by atoms with Crippen LogP contribution in [-0.4, -0.2) is 45.3 Å². The number of aryl methyl sites for hydroxylation is 2. The quantitative estimate of drug-likeness (QED) is 0.902. The van der Waals surface area contributed by atoms with Gasteiger partial charge in [0, 0.05) is 50.2 Å². The largest absolute Gasteiger partial charge is 0.394 e. The van der Waals surface area contributed by atoms with Crippen LogP contribution < -0.4 is 15.5 Å². The van der Waals surface area contributed by atoms with Crippen molar-refractivity contribution in [2.24, 2.45) is 7.05 Å². The van der Waals surface area contributed by atoms with Crippen molar-refractivity contribution in [1.82, 2.24) is 19.1 Å². The van der Waals surface area contributed by atoms with Crippen LogP contribution >= 0.6 is 11.5 Å². The molecule has 1 aliphatic rings. The van der Waals surface area contributed by atoms with Gasteiger partial charge in [-0.1, -0.05) is 20.8 Å². The Morgan fingerprint density at radius 2 is 1.70 bits per heavy atom. The van der Waals surface area contributed by atoms with E-state index in [9.17, 15) is 0 Å². The van der Waals surface area contributed by atoms with Crippen molar-refractivity contribution in [3.05, 3.63) is 11.5 Å². The molecule has 126 valence electrons. The summed E-state index contributed by atoms with van der Waals surface area (Å²) in [6.45, 7) is 12.0. The first kappa shape index (κ1) is 16.0. The standard InChI is InChI=1S/C15H25N7S/c1-10-11(16)12(20(5)18-10)21-6-8-22(9-7-21)14-17-13(19-23-14)15(2,3)4/h6-9,16H2,1-5H3. The molecule has 2 N–H and O–H groups in total. The summed E-state index contributed by atoms with van der Waals surface area (Å²) < 4.78 is 6.39. The topological polar surface area (TPSA) is 76.1 Å². The summed E-state index contributed by atoms with van der Waals surface area (Å²) in [5, 5.41) is 5.43. The van der Waals surface area contributed by atoms with Crippen LogP contribution in [0.5, 0.6) is 0 Å². The molecule has 3 rings (SSSR count). The predicted molar refractivity (Wildman–Crippen MR) is 95.4 cm³/mol. The second kappa shape index (κ2) is 5.67. The maximum absolute atomic E-state index is 6.17. The Hall–Kier alpha value is -1.83. The summed E-state index contributed by atoms with van der Waals surface area (Å²) >= 11 is 1.49. The van der Waals surface area contributed by atoms with Crippen molar-refractivity contribution in [3.8, 4) is 0 Å². The van der Waals surface area contributed by atoms with Gasteiger partial charge in [0.25, 0.3) is 0 Å². The van der Waals surface area contributed by atoms with E-state index in [1.54, 1.807) is 0 Å². The Morgan fingerprint density at radius 3 is 2.17 bits per heavy atom. The van der Waals surface area contributed by atoms with Gasteiger partial charge in [0.2, 0.25) is 5.13 Å². The number of rotatable bonds is 2. The molecule has 0 saturated carbocycles. The highest BCUT2D eigenvalue weighted by Crippen LogP contribution is 2.29. The van der Waals surface area contributed by atoms with Gasteiger partial charge in [-0.3, -0.25) is 4.68 Å². The maximum atomic E-state index is 6.17. The van der Waals surface area contributed by atoms with E-state index in [1.807, 2.05) is 18.7 Å². The Labute approximate surface area is 141 Å². The lowest BCUT2D eigenvalue weighted by Crippen LogP contribution is -2.47. The zero-order valence-electron chi connectivity index (χ0n) is 14.5. The Kier molecular flexibility index (Phi) is 3.95. The van der Waals surface area contributed by atoms with Gasteiger partial charge in [-0.05, 0) is 6.92 Å². The van der Waals surface area contributed by atoms with Crippen molar-refractivity contribution in [3.63, 3.8) is 0 Å². The van der Waals surface area contributed by atoms with Gasteiger partial charge >= 0.3 is 0 Å². The number of piperazine rings is 1. The molecule has 0 radical (unpaired) electrons. The van der Waals surface area contributed by atoms with Crippen LogP contribution in [-0.2, 0) is 12.5 Å². The van der Waals surface area contributed by atoms with E-state index in [4.69, 9.17) is 10.7 Å². The lowest BCUT2D eigenvalue weighted by atomic mass is 9.96. The molecule has 23 heavy (non-hydrogen) atoms. The van der Waals surface area contributed by atoms with E-state index in [0.29, 0.717) is 0 Å². The molecule has 2 aromatic heterocycles. The monoisotopic (exact) mass is 335 g/mol. The van der Waals surface area contributed by atoms with Gasteiger partial charge in [-0.15, -0.1) is 0 Å². The van der Waals surface area contributed by atoms with Crippen molar-refractivity contribution in [2.75, 3.05) is 41.7 Å². The Bertz CT molecular complexity index is 689. The fourth-order valence-corrected chi connectivity index (χ4v) is 3.70. The first-order valence-corrected chi connectivity index (χ1v) is 8.68. The van der Waals surface area contributed by atoms with E-state index >= 15 is 0 Å². The van der Waals surface area contributed by atoms with E-state index in [2.05, 4.69) is 40.0 Å². The zero-order chi connectivity index (χ0) is 16.8. The molecular weight excluding hydrogens is 310 g/mol. The molecule has 1 fully saturated rings. The van der Waals surface area contributed by atoms with Gasteiger partial charge in [0.05, 0.1) is 11.4 Å². The summed E-state index contributed by atoms with van der Waals surface area (Å²) in [7, 11) is 1.95. The third-order valence-electron chi connectivity index (χ3n) is 4.17. The minimum atomic E-state index is -0.00272. The highest BCUT2D eigenvalue weighted by Gasteiger charge is 2.26. The number of hydrogen-bond acceptors (Lipinski definition) is 7. The smallest absolute Gasteiger partial charge is 0.205 e. The second-order valence-corrected chi connectivity index (χ2v) is 7.80. The van der Waals surface area contributed by atoms with Crippen LogP contribution in [0.4, 0.5) is 16.6 Å². The molecule has 3 heterocycles. The number of nitrogen functional groups attached to an aromatic ring is 1. The highest BCUT2D eigenvalue weighted by atomic mass is 32.1. The molecule has 0 spiro atoms. The van der Waals surface area contributed by atoms with Crippen LogP contribution in [0.3, 0.4) is 0 Å². The van der Waals surface area contributed by atoms with Gasteiger partial charge in [-0.25, -0.2) is 4.98 Å². The summed E-state index contributed by atoms with van der Waals surface area (Å²) in [5.41, 5.74) is 7.85. The molecular formula is C15H25N7S. The number of aromatic nitrogens is 4. The summed E-state index contributed by atoms with van der Waals surface area (Å²) in [4.78, 5) is 9.33. The summed E-state index contributed by atoms with van der Waals surface area (Å²) in [6, 6.07) is 0. The molecule has 0 aliphatic carbocycles. The molecule has 0 bridgehead atoms. The molecule has 0 aromatic carbocycles. The van der Waals surface area contributed by atoms with E-state index < -0.39 is 0 Å². The molecule has 0 amide bonds. The molecule has 8 heteroatoms. The average molecular weight is 335 g/mol. The SMILES string of the molecule is Cc1nn(C)c(N2CCN(c3nc(C(C)(C)C)ns3)CC2)c1N. The molecule has 1 aliphatic heterocycles. The Morgan fingerprint density at radius 1 is 1.09 bits per heavy atom. The highest BCUT2D eigenvalue weighted by molar-refractivity contribution is 7.09. The molecule has 2 aromatic rings. The first-order chi connectivity index (χ1) is 10.8. The van der Waals surface area contributed by atoms with Gasteiger partial charge in [0.15, 0.2) is 5.82 Å². The zero-order valence-corrected chi connectivity index (χ0v) is 15.3. The fourth-order valence-electron chi connectivity index (χ4n) is 2.80. The van der Waals surface area contributed by atoms with Gasteiger partial charge in [-0.2, -0.15) is 9.47 Å². The molecule has 7 nitrogen and oxygen atoms in total. The van der Waals surface area contributed by atoms with Gasteiger partial charge < -0.3 is 15.5 Å². The van der Waals surface area contributed by atoms with Crippen LogP contribution in [0.25, 0.3) is 0 Å². The lowest BCUT2D eigenvalue weighted by molar-refractivity contribution is 0.552. The fraction of sp³-hybridized carbons (Fsp3) is 0.667. The molecule has 1 saturated heterocycles. The lowest BCUT2D eigenvalue weighted by Gasteiger charge is -2.35. The Balaban J connectivity index is 1.70. The number of hydrogen-bond donors (Lipinski definition) is 1. The molecule has 0 unspecified atom stereocenters. The van der Waals surface area contributed by atoms with Crippen molar-refractivity contribution in [1.29, 1.82) is 0 Å². The van der Waals surface area contributed by atoms with Crippen LogP contribution in [0.15, 0.2) is 0 Å². The summed E-state index contributed by atoms with van der Waals surface area (Å²) in [5.74, 6) is 1.95. The third-order valence-corrected chi connectivity index (χ3v) is 4.95. The van der Waals surface area contributed by atoms with Crippen molar-refractivity contribution >= 4 is 28.2 Å². The van der Waals surface area contributed by atoms with Crippen LogP contribution in [0.2, 0.25) is 0 Å². The minimum absolute atomic E-state index is 0.00272. The molecule has 0 atom stereocenters. The van der Waals surface area contributed by atoms with E-state index in [-0.39, 0.29) is 5.41 Å².